The molecule has 1 saturated heterocycles. The van der Waals surface area contributed by atoms with Crippen LogP contribution < -0.4 is 9.80 Å². The zero-order chi connectivity index (χ0) is 22.9. The Bertz CT molecular complexity index is 1280. The fourth-order valence-corrected chi connectivity index (χ4v) is 4.65. The van der Waals surface area contributed by atoms with Crippen molar-refractivity contribution in [2.75, 3.05) is 49.6 Å². The van der Waals surface area contributed by atoms with Crippen molar-refractivity contribution in [1.82, 2.24) is 19.5 Å². The first kappa shape index (κ1) is 21.7. The van der Waals surface area contributed by atoms with Gasteiger partial charge in [0, 0.05) is 61.8 Å². The van der Waals surface area contributed by atoms with E-state index in [0.29, 0.717) is 16.4 Å². The van der Waals surface area contributed by atoms with Crippen LogP contribution in [0.15, 0.2) is 60.9 Å². The van der Waals surface area contributed by atoms with E-state index < -0.39 is 0 Å². The Balaban J connectivity index is 1.62. The quantitative estimate of drug-likeness (QED) is 0.411. The summed E-state index contributed by atoms with van der Waals surface area (Å²) < 4.78 is 17.3. The maximum Gasteiger partial charge on any atom is 0.157 e. The van der Waals surface area contributed by atoms with Gasteiger partial charge >= 0.3 is 0 Å². The van der Waals surface area contributed by atoms with E-state index >= 15 is 4.39 Å². The average Bonchev–Trinajstić information content (AvgIpc) is 3.33. The van der Waals surface area contributed by atoms with Gasteiger partial charge < -0.3 is 14.7 Å². The van der Waals surface area contributed by atoms with Gasteiger partial charge in [-0.2, -0.15) is 9.61 Å². The summed E-state index contributed by atoms with van der Waals surface area (Å²) in [6.45, 7) is 6.94. The van der Waals surface area contributed by atoms with Crippen LogP contribution in [0.4, 0.5) is 21.6 Å². The van der Waals surface area contributed by atoms with Crippen molar-refractivity contribution < 1.29 is 4.39 Å². The van der Waals surface area contributed by atoms with Gasteiger partial charge in [0.25, 0.3) is 0 Å². The molecule has 6 nitrogen and oxygen atoms in total. The first-order chi connectivity index (χ1) is 16.0. The zero-order valence-electron chi connectivity index (χ0n) is 18.7. The molecule has 0 spiro atoms. The van der Waals surface area contributed by atoms with Gasteiger partial charge in [0.1, 0.15) is 11.6 Å². The molecule has 0 amide bonds. The van der Waals surface area contributed by atoms with E-state index in [2.05, 4.69) is 26.8 Å². The third-order valence-corrected chi connectivity index (χ3v) is 6.57. The Kier molecular flexibility index (Phi) is 5.91. The first-order valence-electron chi connectivity index (χ1n) is 11.1. The minimum absolute atomic E-state index is 0.305. The number of hydrogen-bond donors (Lipinski definition) is 0. The van der Waals surface area contributed by atoms with E-state index in [4.69, 9.17) is 11.6 Å². The van der Waals surface area contributed by atoms with Gasteiger partial charge in [-0.15, -0.1) is 0 Å². The molecule has 8 heteroatoms. The van der Waals surface area contributed by atoms with Gasteiger partial charge in [0.15, 0.2) is 5.65 Å². The predicted molar refractivity (Wildman–Crippen MR) is 132 cm³/mol. The number of nitrogens with zero attached hydrogens (tertiary/aromatic N) is 6. The molecule has 0 radical (unpaired) electrons. The van der Waals surface area contributed by atoms with Crippen molar-refractivity contribution in [1.29, 1.82) is 0 Å². The lowest BCUT2D eigenvalue weighted by molar-refractivity contribution is 0.271. The van der Waals surface area contributed by atoms with E-state index in [1.807, 2.05) is 54.4 Å². The average molecular weight is 465 g/mol. The van der Waals surface area contributed by atoms with E-state index in [1.54, 1.807) is 23.0 Å². The number of likely N-dealkylation sites (N-methyl/N-ethyl adjacent to an activating group) is 1. The van der Waals surface area contributed by atoms with Crippen LogP contribution in [-0.4, -0.2) is 59.3 Å². The monoisotopic (exact) mass is 464 g/mol. The second-order valence-corrected chi connectivity index (χ2v) is 8.65. The molecule has 0 unspecified atom stereocenters. The fourth-order valence-electron chi connectivity index (χ4n) is 4.46. The summed E-state index contributed by atoms with van der Waals surface area (Å²) in [5.74, 6) is 0.432. The number of hydrogen-bond acceptors (Lipinski definition) is 5. The third kappa shape index (κ3) is 4.14. The van der Waals surface area contributed by atoms with E-state index in [9.17, 15) is 0 Å². The topological polar surface area (TPSA) is 39.9 Å². The highest BCUT2D eigenvalue weighted by molar-refractivity contribution is 6.30. The van der Waals surface area contributed by atoms with Crippen LogP contribution in [0.25, 0.3) is 16.8 Å². The molecule has 2 aromatic carbocycles. The molecule has 1 aliphatic rings. The SMILES string of the molecule is CCN1CCN(c2cc(N(C)c3ccnc4ccnn34)c(F)cc2-c2cccc(Cl)c2)CC1. The Morgan fingerprint density at radius 1 is 1.03 bits per heavy atom. The third-order valence-electron chi connectivity index (χ3n) is 6.34. The lowest BCUT2D eigenvalue weighted by atomic mass is 10.0. The number of rotatable bonds is 5. The number of halogens is 2. The van der Waals surface area contributed by atoms with Gasteiger partial charge in [-0.05, 0) is 42.4 Å². The highest BCUT2D eigenvalue weighted by Gasteiger charge is 2.23. The summed E-state index contributed by atoms with van der Waals surface area (Å²) in [4.78, 5) is 10.9. The maximum absolute atomic E-state index is 15.6. The van der Waals surface area contributed by atoms with Crippen LogP contribution in [0, 0.1) is 5.82 Å². The number of fused-ring (bicyclic) bond motifs is 1. The van der Waals surface area contributed by atoms with Crippen molar-refractivity contribution in [2.24, 2.45) is 0 Å². The van der Waals surface area contributed by atoms with E-state index in [0.717, 1.165) is 55.4 Å². The van der Waals surface area contributed by atoms with Crippen LogP contribution in [0.5, 0.6) is 0 Å². The van der Waals surface area contributed by atoms with Gasteiger partial charge in [0.2, 0.25) is 0 Å². The molecular weight excluding hydrogens is 439 g/mol. The molecule has 1 fully saturated rings. The van der Waals surface area contributed by atoms with Crippen molar-refractivity contribution >= 4 is 34.4 Å². The van der Waals surface area contributed by atoms with E-state index in [-0.39, 0.29) is 5.82 Å². The number of benzene rings is 2. The summed E-state index contributed by atoms with van der Waals surface area (Å²) in [6, 6.07) is 14.8. The standard InChI is InChI=1S/C25H26ClFN6/c1-3-31-11-13-32(14-12-31)22-17-23(21(27)16-20(22)18-5-4-6-19(26)15-18)30(2)25-8-9-28-24-7-10-29-33(24)25/h4-10,15-17H,3,11-14H2,1-2H3. The minimum atomic E-state index is -0.305. The Morgan fingerprint density at radius 3 is 2.61 bits per heavy atom. The molecule has 0 bridgehead atoms. The minimum Gasteiger partial charge on any atom is -0.368 e. The molecule has 5 rings (SSSR count). The summed E-state index contributed by atoms with van der Waals surface area (Å²) in [7, 11) is 1.85. The van der Waals surface area contributed by atoms with Crippen LogP contribution in [0.1, 0.15) is 6.92 Å². The molecule has 3 heterocycles. The van der Waals surface area contributed by atoms with Crippen LogP contribution in [0.3, 0.4) is 0 Å². The smallest absolute Gasteiger partial charge is 0.157 e. The fraction of sp³-hybridized carbons (Fsp3) is 0.280. The Morgan fingerprint density at radius 2 is 1.85 bits per heavy atom. The Labute approximate surface area is 197 Å². The number of piperazine rings is 1. The maximum atomic E-state index is 15.6. The van der Waals surface area contributed by atoms with Crippen molar-refractivity contribution in [2.45, 2.75) is 6.92 Å². The predicted octanol–water partition coefficient (Wildman–Crippen LogP) is 5.10. The van der Waals surface area contributed by atoms with Crippen LogP contribution in [-0.2, 0) is 0 Å². The highest BCUT2D eigenvalue weighted by atomic mass is 35.5. The molecule has 0 N–H and O–H groups in total. The number of anilines is 3. The largest absolute Gasteiger partial charge is 0.368 e. The second kappa shape index (κ2) is 9.00. The zero-order valence-corrected chi connectivity index (χ0v) is 19.5. The molecule has 2 aromatic heterocycles. The molecular formula is C25H26ClFN6. The lowest BCUT2D eigenvalue weighted by Gasteiger charge is -2.37. The first-order valence-corrected chi connectivity index (χ1v) is 11.5. The molecule has 0 aliphatic carbocycles. The normalized spacial score (nSPS) is 14.7. The molecule has 33 heavy (non-hydrogen) atoms. The van der Waals surface area contributed by atoms with Crippen LogP contribution in [0.2, 0.25) is 5.02 Å². The molecule has 0 atom stereocenters. The number of aromatic nitrogens is 3. The van der Waals surface area contributed by atoms with Gasteiger partial charge in [-0.3, -0.25) is 0 Å². The van der Waals surface area contributed by atoms with Crippen molar-refractivity contribution in [3.05, 3.63) is 71.8 Å². The molecule has 0 saturated carbocycles. The van der Waals surface area contributed by atoms with Gasteiger partial charge in [-0.1, -0.05) is 30.7 Å². The Hall–Kier alpha value is -3.16. The van der Waals surface area contributed by atoms with E-state index in [1.165, 1.54) is 0 Å². The molecule has 4 aromatic rings. The van der Waals surface area contributed by atoms with Crippen molar-refractivity contribution in [3.8, 4) is 11.1 Å². The summed E-state index contributed by atoms with van der Waals surface area (Å²) in [5.41, 5.74) is 3.95. The van der Waals surface area contributed by atoms with Gasteiger partial charge in [-0.25, -0.2) is 9.37 Å². The molecule has 1 aliphatic heterocycles. The molecule has 170 valence electrons. The van der Waals surface area contributed by atoms with Crippen LogP contribution >= 0.6 is 11.6 Å². The lowest BCUT2D eigenvalue weighted by Crippen LogP contribution is -2.46. The summed E-state index contributed by atoms with van der Waals surface area (Å²) >= 11 is 6.28. The van der Waals surface area contributed by atoms with Gasteiger partial charge in [0.05, 0.1) is 11.9 Å². The second-order valence-electron chi connectivity index (χ2n) is 8.22. The van der Waals surface area contributed by atoms with Crippen molar-refractivity contribution in [3.63, 3.8) is 0 Å². The highest BCUT2D eigenvalue weighted by Crippen LogP contribution is 2.39. The summed E-state index contributed by atoms with van der Waals surface area (Å²) in [5, 5.41) is 4.99. The summed E-state index contributed by atoms with van der Waals surface area (Å²) in [6.07, 6.45) is 3.41.